The van der Waals surface area contributed by atoms with Crippen LogP contribution in [0.2, 0.25) is 0 Å². The lowest BCUT2D eigenvalue weighted by atomic mass is 9.65. The van der Waals surface area contributed by atoms with Crippen molar-refractivity contribution in [2.75, 3.05) is 14.2 Å². The van der Waals surface area contributed by atoms with Gasteiger partial charge in [0.1, 0.15) is 5.69 Å². The van der Waals surface area contributed by atoms with Crippen LogP contribution >= 0.6 is 0 Å². The number of aryl methyl sites for hydroxylation is 4. The number of ether oxygens (including phenoxy) is 2. The van der Waals surface area contributed by atoms with Crippen LogP contribution in [-0.4, -0.2) is 51.9 Å². The topological polar surface area (TPSA) is 127 Å². The molecule has 2 N–H and O–H groups in total. The molecule has 1 unspecified atom stereocenters. The summed E-state index contributed by atoms with van der Waals surface area (Å²) in [6.45, 7) is 14.7. The summed E-state index contributed by atoms with van der Waals surface area (Å²) >= 11 is 0. The number of nitrogens with zero attached hydrogens (tertiary/aromatic N) is 2. The summed E-state index contributed by atoms with van der Waals surface area (Å²) in [4.78, 5) is 59.3. The van der Waals surface area contributed by atoms with E-state index < -0.39 is 22.8 Å². The molecule has 0 amide bonds. The van der Waals surface area contributed by atoms with Crippen molar-refractivity contribution in [2.24, 2.45) is 0 Å². The largest absolute Gasteiger partial charge is 0.466 e. The van der Waals surface area contributed by atoms with Crippen molar-refractivity contribution in [3.05, 3.63) is 86.5 Å². The fourth-order valence-corrected chi connectivity index (χ4v) is 9.02. The molecule has 8 bridgehead atoms. The molecular formula is C42H50N4O5. The highest BCUT2D eigenvalue weighted by atomic mass is 16.5. The summed E-state index contributed by atoms with van der Waals surface area (Å²) in [5.74, 6) is -1.10. The second-order valence-electron chi connectivity index (χ2n) is 13.6. The quantitative estimate of drug-likeness (QED) is 0.216. The molecule has 0 radical (unpaired) electrons. The van der Waals surface area contributed by atoms with E-state index in [-0.39, 0.29) is 23.4 Å². The molecule has 9 heteroatoms. The van der Waals surface area contributed by atoms with Crippen LogP contribution in [-0.2, 0) is 55.6 Å². The lowest BCUT2D eigenvalue weighted by molar-refractivity contribution is -0.140. The number of hydrogen-bond acceptors (Lipinski definition) is 7. The van der Waals surface area contributed by atoms with Gasteiger partial charge in [0.25, 0.3) is 0 Å². The number of esters is 2. The van der Waals surface area contributed by atoms with E-state index in [0.717, 1.165) is 75.8 Å². The Bertz CT molecular complexity index is 2180. The third-order valence-electron chi connectivity index (χ3n) is 11.7. The van der Waals surface area contributed by atoms with Crippen molar-refractivity contribution in [1.82, 2.24) is 19.9 Å². The van der Waals surface area contributed by atoms with Gasteiger partial charge < -0.3 is 19.4 Å². The zero-order chi connectivity index (χ0) is 36.8. The minimum Gasteiger partial charge on any atom is -0.466 e. The smallest absolute Gasteiger partial charge is 0.335 e. The van der Waals surface area contributed by atoms with E-state index in [1.54, 1.807) is 0 Å². The molecule has 5 heterocycles. The fraction of sp³-hybridized carbons (Fsp3) is 0.452. The molecule has 3 aromatic rings. The number of allylic oxidation sites excluding steroid dienone is 2. The zero-order valence-corrected chi connectivity index (χ0v) is 31.5. The second-order valence-corrected chi connectivity index (χ2v) is 13.6. The molecule has 0 aromatic carbocycles. The van der Waals surface area contributed by atoms with E-state index >= 15 is 0 Å². The lowest BCUT2D eigenvalue weighted by Crippen LogP contribution is -2.36. The van der Waals surface area contributed by atoms with Gasteiger partial charge in [0.05, 0.1) is 53.3 Å². The Morgan fingerprint density at radius 2 is 1.14 bits per heavy atom. The van der Waals surface area contributed by atoms with Gasteiger partial charge in [-0.1, -0.05) is 54.5 Å². The molecule has 268 valence electrons. The van der Waals surface area contributed by atoms with Crippen molar-refractivity contribution >= 4 is 45.4 Å². The van der Waals surface area contributed by atoms with Crippen molar-refractivity contribution in [3.8, 4) is 0 Å². The molecular weight excluding hydrogens is 640 g/mol. The summed E-state index contributed by atoms with van der Waals surface area (Å²) < 4.78 is 10.6. The number of rotatable bonds is 9. The van der Waals surface area contributed by atoms with Gasteiger partial charge in [-0.25, -0.2) is 14.6 Å². The van der Waals surface area contributed by atoms with Crippen LogP contribution in [0.1, 0.15) is 124 Å². The molecule has 1 atom stereocenters. The molecule has 0 saturated heterocycles. The summed E-state index contributed by atoms with van der Waals surface area (Å²) in [5, 5.41) is 0. The van der Waals surface area contributed by atoms with E-state index in [2.05, 4.69) is 63.6 Å². The minimum absolute atomic E-state index is 0.0412. The van der Waals surface area contributed by atoms with Gasteiger partial charge in [-0.15, -0.1) is 0 Å². The van der Waals surface area contributed by atoms with Gasteiger partial charge in [0, 0.05) is 22.1 Å². The van der Waals surface area contributed by atoms with Crippen LogP contribution in [0.4, 0.5) is 0 Å². The molecule has 0 fully saturated rings. The van der Waals surface area contributed by atoms with Gasteiger partial charge in [-0.05, 0) is 103 Å². The van der Waals surface area contributed by atoms with Crippen LogP contribution in [0.5, 0.6) is 0 Å². The number of aromatic nitrogens is 4. The number of ketones is 1. The first kappa shape index (κ1) is 36.0. The third kappa shape index (κ3) is 5.22. The molecule has 51 heavy (non-hydrogen) atoms. The van der Waals surface area contributed by atoms with Gasteiger partial charge in [-0.3, -0.25) is 9.78 Å². The average Bonchev–Trinajstić information content (AvgIpc) is 3.84. The normalized spacial score (nSPS) is 18.1. The highest BCUT2D eigenvalue weighted by Gasteiger charge is 2.52. The first-order valence-corrected chi connectivity index (χ1v) is 18.5. The summed E-state index contributed by atoms with van der Waals surface area (Å²) in [6, 6.07) is 8.10. The van der Waals surface area contributed by atoms with Gasteiger partial charge >= 0.3 is 11.9 Å². The molecule has 0 spiro atoms. The van der Waals surface area contributed by atoms with E-state index in [0.29, 0.717) is 30.7 Å². The third-order valence-corrected chi connectivity index (χ3v) is 11.7. The number of carbonyl (C=O) groups excluding carboxylic acids is 3. The van der Waals surface area contributed by atoms with Crippen molar-refractivity contribution < 1.29 is 23.9 Å². The first-order valence-electron chi connectivity index (χ1n) is 18.5. The fourth-order valence-electron chi connectivity index (χ4n) is 9.02. The Labute approximate surface area is 300 Å². The minimum atomic E-state index is -1.07. The van der Waals surface area contributed by atoms with E-state index in [4.69, 9.17) is 19.4 Å². The van der Waals surface area contributed by atoms with Crippen LogP contribution < -0.4 is 0 Å². The number of hydrogen-bond donors (Lipinski definition) is 2. The Morgan fingerprint density at radius 3 is 1.61 bits per heavy atom. The maximum absolute atomic E-state index is 14.4. The molecule has 9 nitrogen and oxygen atoms in total. The Balaban J connectivity index is 1.86. The highest BCUT2D eigenvalue weighted by Crippen LogP contribution is 2.54. The number of fused-ring (bicyclic) bond motifs is 11. The molecule has 1 aliphatic carbocycles. The number of aromatic amines is 2. The predicted octanol–water partition coefficient (Wildman–Crippen LogP) is 8.28. The highest BCUT2D eigenvalue weighted by molar-refractivity contribution is 6.08. The Kier molecular flexibility index (Phi) is 9.70. The first-order chi connectivity index (χ1) is 24.6. The standard InChI is InChI=1S/C42H50N4O5/c1-10-23-25(12-3)31-21-35-41(14-5,15-6)38(47)34(46-35)20-30-24(11-2)26(13-4)32(44-30)22-36-42(16-7)28(33(45-36)19-29(23)43-31)18-17-27(39(48)50-8)37(42)40(49)51-9/h18-22,43-44H,10-17H2,1-9H3. The average molecular weight is 691 g/mol. The monoisotopic (exact) mass is 690 g/mol. The maximum Gasteiger partial charge on any atom is 0.335 e. The van der Waals surface area contributed by atoms with Crippen molar-refractivity contribution in [2.45, 2.75) is 111 Å². The van der Waals surface area contributed by atoms with Crippen LogP contribution in [0.15, 0.2) is 41.5 Å². The number of Topliss-reactive ketones (excluding diaryl/α,β-unsaturated/α-hetero) is 1. The molecule has 6 rings (SSSR count). The number of H-pyrrole nitrogens is 2. The Hall–Kier alpha value is -4.79. The van der Waals surface area contributed by atoms with Crippen LogP contribution in [0.3, 0.4) is 0 Å². The van der Waals surface area contributed by atoms with E-state index in [9.17, 15) is 14.4 Å². The maximum atomic E-state index is 14.4. The summed E-state index contributed by atoms with van der Waals surface area (Å²) in [5.41, 5.74) is 10.3. The summed E-state index contributed by atoms with van der Waals surface area (Å²) in [7, 11) is 2.67. The predicted molar refractivity (Wildman–Crippen MR) is 201 cm³/mol. The number of nitrogens with one attached hydrogen (secondary N) is 2. The second kappa shape index (κ2) is 13.7. The van der Waals surface area contributed by atoms with Crippen LogP contribution in [0.25, 0.3) is 27.6 Å². The number of carbonyl (C=O) groups is 3. The molecule has 3 aliphatic rings. The summed E-state index contributed by atoms with van der Waals surface area (Å²) in [6.07, 6.45) is 7.01. The van der Waals surface area contributed by atoms with E-state index in [1.807, 2.05) is 25.1 Å². The zero-order valence-electron chi connectivity index (χ0n) is 31.5. The van der Waals surface area contributed by atoms with Crippen molar-refractivity contribution in [1.29, 1.82) is 0 Å². The Morgan fingerprint density at radius 1 is 0.667 bits per heavy atom. The number of methoxy groups -OCH3 is 2. The van der Waals surface area contributed by atoms with Crippen molar-refractivity contribution in [3.63, 3.8) is 0 Å². The molecule has 2 aliphatic heterocycles. The van der Waals surface area contributed by atoms with E-state index in [1.165, 1.54) is 25.3 Å². The lowest BCUT2D eigenvalue weighted by Gasteiger charge is -2.35. The van der Waals surface area contributed by atoms with Gasteiger partial charge in [0.2, 0.25) is 0 Å². The van der Waals surface area contributed by atoms with Gasteiger partial charge in [-0.2, -0.15) is 0 Å². The molecule has 0 saturated carbocycles. The molecule has 3 aromatic heterocycles. The van der Waals surface area contributed by atoms with Gasteiger partial charge in [0.15, 0.2) is 5.78 Å². The van der Waals surface area contributed by atoms with Crippen LogP contribution in [0, 0.1) is 0 Å². The SMILES string of the molecule is CCc1c(CC)c2cc3nc(cc4[nH]c(cc5nc(cc1[nH]2)C(=O)C5(CC)CC)c(CC)c4CC)C1=CCC(C(=O)OC)=C(C(=O)OC)C13CC.